The maximum Gasteiger partial charge on any atom is 0.333 e. The van der Waals surface area contributed by atoms with E-state index in [0.717, 1.165) is 17.7 Å². The Morgan fingerprint density at radius 2 is 2.00 bits per heavy atom. The highest BCUT2D eigenvalue weighted by molar-refractivity contribution is 5.92. The van der Waals surface area contributed by atoms with Crippen molar-refractivity contribution in [1.82, 2.24) is 5.32 Å². The zero-order valence-electron chi connectivity index (χ0n) is 13.8. The van der Waals surface area contributed by atoms with Gasteiger partial charge in [-0.2, -0.15) is 0 Å². The molecule has 2 amide bonds. The van der Waals surface area contributed by atoms with Gasteiger partial charge in [0.15, 0.2) is 6.10 Å². The first-order chi connectivity index (χ1) is 10.8. The lowest BCUT2D eigenvalue weighted by molar-refractivity contribution is -0.159. The number of carboxylic acids is 1. The summed E-state index contributed by atoms with van der Waals surface area (Å²) in [6, 6.07) is 7.29. The Morgan fingerprint density at radius 1 is 1.35 bits per heavy atom. The summed E-state index contributed by atoms with van der Waals surface area (Å²) in [5.41, 5.74) is 1.16. The molecule has 1 saturated heterocycles. The van der Waals surface area contributed by atoms with Crippen LogP contribution in [0.2, 0.25) is 0 Å². The summed E-state index contributed by atoms with van der Waals surface area (Å²) < 4.78 is 5.59. The molecule has 0 bridgehead atoms. The quantitative estimate of drug-likeness (QED) is 0.873. The molecule has 6 heteroatoms. The number of ether oxygens (including phenoxy) is 1. The molecule has 6 nitrogen and oxygen atoms in total. The molecule has 126 valence electrons. The number of carboxylic acid groups (broad SMARTS) is 1. The molecule has 0 spiro atoms. The summed E-state index contributed by atoms with van der Waals surface area (Å²) in [4.78, 5) is 24.9. The average Bonchev–Trinajstić information content (AvgIpc) is 2.46. The van der Waals surface area contributed by atoms with E-state index in [1.54, 1.807) is 4.90 Å². The van der Waals surface area contributed by atoms with Crippen LogP contribution in [0.15, 0.2) is 24.3 Å². The number of hydrogen-bond donors (Lipinski definition) is 2. The van der Waals surface area contributed by atoms with Crippen LogP contribution in [-0.2, 0) is 16.0 Å². The molecule has 1 aliphatic heterocycles. The minimum absolute atomic E-state index is 0.0940. The number of nitrogens with zero attached hydrogens (tertiary/aromatic N) is 1. The van der Waals surface area contributed by atoms with Gasteiger partial charge in [-0.25, -0.2) is 9.59 Å². The number of carbonyl (C=O) groups is 2. The van der Waals surface area contributed by atoms with Gasteiger partial charge in [0.2, 0.25) is 0 Å². The summed E-state index contributed by atoms with van der Waals surface area (Å²) >= 11 is 0. The van der Waals surface area contributed by atoms with Crippen molar-refractivity contribution in [2.24, 2.45) is 0 Å². The molecule has 1 atom stereocenters. The Morgan fingerprint density at radius 3 is 2.52 bits per heavy atom. The topological polar surface area (TPSA) is 78.9 Å². The van der Waals surface area contributed by atoms with Crippen molar-refractivity contribution in [1.29, 1.82) is 0 Å². The first-order valence-corrected chi connectivity index (χ1v) is 7.81. The Balaban J connectivity index is 2.06. The zero-order valence-corrected chi connectivity index (χ0v) is 13.8. The van der Waals surface area contributed by atoms with Gasteiger partial charge in [0.1, 0.15) is 0 Å². The maximum atomic E-state index is 11.8. The van der Waals surface area contributed by atoms with Crippen LogP contribution in [0.5, 0.6) is 0 Å². The van der Waals surface area contributed by atoms with Gasteiger partial charge in [-0.05, 0) is 44.9 Å². The summed E-state index contributed by atoms with van der Waals surface area (Å²) in [5, 5.41) is 12.1. The molecule has 2 rings (SSSR count). The number of urea groups is 1. The number of nitrogens with one attached hydrogen (secondary N) is 1. The molecular formula is C17H24N2O4. The Kier molecular flexibility index (Phi) is 5.26. The zero-order chi connectivity index (χ0) is 17.0. The van der Waals surface area contributed by atoms with Crippen LogP contribution in [0.1, 0.15) is 32.8 Å². The molecule has 1 aromatic carbocycles. The molecule has 2 N–H and O–H groups in total. The molecule has 1 aromatic rings. The minimum atomic E-state index is -0.973. The monoisotopic (exact) mass is 320 g/mol. The van der Waals surface area contributed by atoms with Gasteiger partial charge in [-0.1, -0.05) is 12.1 Å². The van der Waals surface area contributed by atoms with E-state index in [2.05, 4.69) is 5.32 Å². The van der Waals surface area contributed by atoms with Gasteiger partial charge in [0.25, 0.3) is 0 Å². The molecule has 0 saturated carbocycles. The molecular weight excluding hydrogens is 296 g/mol. The molecule has 23 heavy (non-hydrogen) atoms. The lowest BCUT2D eigenvalue weighted by Crippen LogP contribution is -2.46. The van der Waals surface area contributed by atoms with E-state index >= 15 is 0 Å². The first-order valence-electron chi connectivity index (χ1n) is 7.81. The van der Waals surface area contributed by atoms with E-state index in [-0.39, 0.29) is 6.03 Å². The molecule has 1 unspecified atom stereocenters. The largest absolute Gasteiger partial charge is 0.479 e. The third-order valence-corrected chi connectivity index (χ3v) is 3.52. The SMILES string of the molecule is CC(C)(C)OC(Cc1ccc(N2CCCNC2=O)cc1)C(=O)O. The summed E-state index contributed by atoms with van der Waals surface area (Å²) in [5.74, 6) is -0.973. The van der Waals surface area contributed by atoms with Crippen LogP contribution < -0.4 is 10.2 Å². The molecule has 1 aliphatic rings. The molecule has 0 radical (unpaired) electrons. The third-order valence-electron chi connectivity index (χ3n) is 3.52. The van der Waals surface area contributed by atoms with Crippen molar-refractivity contribution in [2.75, 3.05) is 18.0 Å². The second-order valence-electron chi connectivity index (χ2n) is 6.66. The van der Waals surface area contributed by atoms with Gasteiger partial charge < -0.3 is 15.2 Å². The standard InChI is InChI=1S/C17H24N2O4/c1-17(2,3)23-14(15(20)21)11-12-5-7-13(8-6-12)19-10-4-9-18-16(19)22/h5-8,14H,4,9-11H2,1-3H3,(H,18,22)(H,20,21). The summed E-state index contributed by atoms with van der Waals surface area (Å²) in [7, 11) is 0. The van der Waals surface area contributed by atoms with Crippen molar-refractivity contribution in [3.05, 3.63) is 29.8 Å². The van der Waals surface area contributed by atoms with Crippen LogP contribution >= 0.6 is 0 Å². The van der Waals surface area contributed by atoms with Crippen molar-refractivity contribution in [3.8, 4) is 0 Å². The van der Waals surface area contributed by atoms with Gasteiger partial charge in [0, 0.05) is 25.2 Å². The molecule has 1 heterocycles. The van der Waals surface area contributed by atoms with Crippen molar-refractivity contribution in [3.63, 3.8) is 0 Å². The lowest BCUT2D eigenvalue weighted by atomic mass is 10.1. The van der Waals surface area contributed by atoms with Gasteiger partial charge in [0.05, 0.1) is 5.60 Å². The lowest BCUT2D eigenvalue weighted by Gasteiger charge is -2.28. The van der Waals surface area contributed by atoms with Gasteiger partial charge >= 0.3 is 12.0 Å². The van der Waals surface area contributed by atoms with Gasteiger partial charge in [-0.15, -0.1) is 0 Å². The number of aliphatic carboxylic acids is 1. The number of carbonyl (C=O) groups excluding carboxylic acids is 1. The van der Waals surface area contributed by atoms with E-state index in [0.29, 0.717) is 19.5 Å². The second-order valence-corrected chi connectivity index (χ2v) is 6.66. The van der Waals surface area contributed by atoms with E-state index in [1.807, 2.05) is 45.0 Å². The Hall–Kier alpha value is -2.08. The maximum absolute atomic E-state index is 11.8. The summed E-state index contributed by atoms with van der Waals surface area (Å²) in [6.45, 7) is 6.90. The smallest absolute Gasteiger partial charge is 0.333 e. The van der Waals surface area contributed by atoms with Gasteiger partial charge in [-0.3, -0.25) is 4.90 Å². The number of rotatable bonds is 5. The minimum Gasteiger partial charge on any atom is -0.479 e. The predicted molar refractivity (Wildman–Crippen MR) is 87.8 cm³/mol. The summed E-state index contributed by atoms with van der Waals surface area (Å²) in [6.07, 6.45) is 0.312. The normalized spacial score (nSPS) is 16.8. The average molecular weight is 320 g/mol. The molecule has 0 aromatic heterocycles. The molecule has 1 fully saturated rings. The fraction of sp³-hybridized carbons (Fsp3) is 0.529. The Labute approximate surface area is 136 Å². The predicted octanol–water partition coefficient (Wildman–Crippen LogP) is 2.42. The third kappa shape index (κ3) is 4.96. The fourth-order valence-corrected chi connectivity index (χ4v) is 2.51. The van der Waals surface area contributed by atoms with Crippen molar-refractivity contribution in [2.45, 2.75) is 45.3 Å². The van der Waals surface area contributed by atoms with Crippen LogP contribution in [-0.4, -0.2) is 41.9 Å². The second kappa shape index (κ2) is 7.00. The highest BCUT2D eigenvalue weighted by Gasteiger charge is 2.25. The van der Waals surface area contributed by atoms with Crippen molar-refractivity contribution >= 4 is 17.7 Å². The van der Waals surface area contributed by atoms with E-state index < -0.39 is 17.7 Å². The first kappa shape index (κ1) is 17.3. The number of hydrogen-bond acceptors (Lipinski definition) is 3. The number of benzene rings is 1. The highest BCUT2D eigenvalue weighted by Crippen LogP contribution is 2.20. The van der Waals surface area contributed by atoms with E-state index in [9.17, 15) is 14.7 Å². The Bertz CT molecular complexity index is 563. The molecule has 0 aliphatic carbocycles. The fourth-order valence-electron chi connectivity index (χ4n) is 2.51. The highest BCUT2D eigenvalue weighted by atomic mass is 16.5. The van der Waals surface area contributed by atoms with E-state index in [4.69, 9.17) is 4.74 Å². The van der Waals surface area contributed by atoms with Crippen LogP contribution in [0.4, 0.5) is 10.5 Å². The number of anilines is 1. The van der Waals surface area contributed by atoms with E-state index in [1.165, 1.54) is 0 Å². The van der Waals surface area contributed by atoms with Crippen LogP contribution in [0, 0.1) is 0 Å². The van der Waals surface area contributed by atoms with Crippen LogP contribution in [0.25, 0.3) is 0 Å². The number of amides is 2. The van der Waals surface area contributed by atoms with Crippen LogP contribution in [0.3, 0.4) is 0 Å². The van der Waals surface area contributed by atoms with Crippen molar-refractivity contribution < 1.29 is 19.4 Å².